The largest absolute Gasteiger partial charge is 0.478 e. The van der Waals surface area contributed by atoms with E-state index in [9.17, 15) is 19.5 Å². The predicted molar refractivity (Wildman–Crippen MR) is 134 cm³/mol. The molecule has 6 nitrogen and oxygen atoms in total. The summed E-state index contributed by atoms with van der Waals surface area (Å²) in [6, 6.07) is 26.8. The van der Waals surface area contributed by atoms with Crippen molar-refractivity contribution >= 4 is 45.5 Å². The molecule has 6 heteroatoms. The number of amides is 2. The van der Waals surface area contributed by atoms with Crippen LogP contribution in [0.2, 0.25) is 0 Å². The SMILES string of the molecule is C/C(=C/C(=O)Nc1cc(C(=O)Nc2ccccc2)ccc1C(=O)O)c1ccc2ccccc2c1. The molecule has 4 aromatic rings. The minimum atomic E-state index is -1.21. The summed E-state index contributed by atoms with van der Waals surface area (Å²) in [4.78, 5) is 37.0. The number of rotatable bonds is 6. The second kappa shape index (κ2) is 9.83. The number of carbonyl (C=O) groups is 3. The summed E-state index contributed by atoms with van der Waals surface area (Å²) in [5.41, 5.74) is 2.36. The number of aromatic carboxylic acids is 1. The molecule has 0 aliphatic carbocycles. The fourth-order valence-electron chi connectivity index (χ4n) is 3.58. The third kappa shape index (κ3) is 5.19. The number of benzene rings is 4. The number of hydrogen-bond acceptors (Lipinski definition) is 3. The van der Waals surface area contributed by atoms with Gasteiger partial charge < -0.3 is 15.7 Å². The van der Waals surface area contributed by atoms with E-state index in [0.29, 0.717) is 5.69 Å². The Morgan fingerprint density at radius 1 is 0.735 bits per heavy atom. The zero-order valence-corrected chi connectivity index (χ0v) is 18.4. The van der Waals surface area contributed by atoms with Gasteiger partial charge in [-0.2, -0.15) is 0 Å². The van der Waals surface area contributed by atoms with Gasteiger partial charge in [0.05, 0.1) is 11.3 Å². The summed E-state index contributed by atoms with van der Waals surface area (Å²) in [5.74, 6) is -2.11. The number of nitrogens with one attached hydrogen (secondary N) is 2. The first-order chi connectivity index (χ1) is 16.4. The number of allylic oxidation sites excluding steroid dienone is 1. The van der Waals surface area contributed by atoms with E-state index in [1.165, 1.54) is 24.3 Å². The molecule has 0 aromatic heterocycles. The van der Waals surface area contributed by atoms with E-state index in [1.807, 2.05) is 55.5 Å². The average Bonchev–Trinajstić information content (AvgIpc) is 2.84. The minimum Gasteiger partial charge on any atom is -0.478 e. The molecule has 2 amide bonds. The Bertz CT molecular complexity index is 1430. The highest BCUT2D eigenvalue weighted by molar-refractivity contribution is 6.10. The van der Waals surface area contributed by atoms with Crippen LogP contribution in [-0.2, 0) is 4.79 Å². The van der Waals surface area contributed by atoms with Crippen molar-refractivity contribution in [1.29, 1.82) is 0 Å². The summed E-state index contributed by atoms with van der Waals surface area (Å²) >= 11 is 0. The maximum atomic E-state index is 12.7. The lowest BCUT2D eigenvalue weighted by molar-refractivity contribution is -0.111. The molecule has 4 rings (SSSR count). The Kier molecular flexibility index (Phi) is 6.50. The molecule has 0 atom stereocenters. The van der Waals surface area contributed by atoms with Gasteiger partial charge in [0.15, 0.2) is 0 Å². The summed E-state index contributed by atoms with van der Waals surface area (Å²) in [7, 11) is 0. The number of anilines is 2. The number of carboxylic acid groups (broad SMARTS) is 1. The molecule has 0 aliphatic rings. The summed E-state index contributed by atoms with van der Waals surface area (Å²) < 4.78 is 0. The maximum absolute atomic E-state index is 12.7. The van der Waals surface area contributed by atoms with E-state index in [4.69, 9.17) is 0 Å². The number of carboxylic acids is 1. The molecule has 4 aromatic carbocycles. The first kappa shape index (κ1) is 22.5. The fourth-order valence-corrected chi connectivity index (χ4v) is 3.58. The molecule has 34 heavy (non-hydrogen) atoms. The molecule has 0 bridgehead atoms. The van der Waals surface area contributed by atoms with Gasteiger partial charge in [-0.1, -0.05) is 54.6 Å². The molecule has 0 radical (unpaired) electrons. The monoisotopic (exact) mass is 450 g/mol. The van der Waals surface area contributed by atoms with Crippen molar-refractivity contribution in [2.45, 2.75) is 6.92 Å². The number of fused-ring (bicyclic) bond motifs is 1. The lowest BCUT2D eigenvalue weighted by atomic mass is 10.0. The Hall–Kier alpha value is -4.71. The smallest absolute Gasteiger partial charge is 0.337 e. The predicted octanol–water partition coefficient (Wildman–Crippen LogP) is 5.83. The average molecular weight is 450 g/mol. The first-order valence-corrected chi connectivity index (χ1v) is 10.6. The quantitative estimate of drug-likeness (QED) is 0.322. The van der Waals surface area contributed by atoms with Crippen LogP contribution in [0.4, 0.5) is 11.4 Å². The van der Waals surface area contributed by atoms with E-state index in [-0.39, 0.29) is 16.8 Å². The maximum Gasteiger partial charge on any atom is 0.337 e. The van der Waals surface area contributed by atoms with E-state index in [0.717, 1.165) is 21.9 Å². The van der Waals surface area contributed by atoms with Crippen LogP contribution in [0.1, 0.15) is 33.2 Å². The van der Waals surface area contributed by atoms with Crippen molar-refractivity contribution < 1.29 is 19.5 Å². The molecule has 168 valence electrons. The summed E-state index contributed by atoms with van der Waals surface area (Å²) in [6.07, 6.45) is 1.41. The zero-order valence-electron chi connectivity index (χ0n) is 18.4. The molecule has 0 saturated carbocycles. The molecule has 0 heterocycles. The molecule has 0 aliphatic heterocycles. The van der Waals surface area contributed by atoms with E-state index < -0.39 is 17.8 Å². The standard InChI is InChI=1S/C28H22N2O4/c1-18(20-12-11-19-7-5-6-8-21(19)16-20)15-26(31)30-25-17-22(13-14-24(25)28(33)34)27(32)29-23-9-3-2-4-10-23/h2-17H,1H3,(H,29,32)(H,30,31)(H,33,34)/b18-15-. The third-order valence-corrected chi connectivity index (χ3v) is 5.35. The van der Waals surface area contributed by atoms with Crippen LogP contribution in [0.5, 0.6) is 0 Å². The second-order valence-electron chi connectivity index (χ2n) is 7.76. The Balaban J connectivity index is 1.57. The van der Waals surface area contributed by atoms with Crippen molar-refractivity contribution in [1.82, 2.24) is 0 Å². The van der Waals surface area contributed by atoms with E-state index >= 15 is 0 Å². The highest BCUT2D eigenvalue weighted by Gasteiger charge is 2.16. The summed E-state index contributed by atoms with van der Waals surface area (Å²) in [5, 5.41) is 17.0. The van der Waals surface area contributed by atoms with Crippen LogP contribution in [0.25, 0.3) is 16.3 Å². The third-order valence-electron chi connectivity index (χ3n) is 5.35. The number of carbonyl (C=O) groups excluding carboxylic acids is 2. The van der Waals surface area contributed by atoms with Gasteiger partial charge in [-0.15, -0.1) is 0 Å². The van der Waals surface area contributed by atoms with Crippen molar-refractivity contribution in [3.05, 3.63) is 114 Å². The summed E-state index contributed by atoms with van der Waals surface area (Å²) in [6.45, 7) is 1.81. The Morgan fingerprint density at radius 3 is 2.15 bits per heavy atom. The van der Waals surface area contributed by atoms with Gasteiger partial charge >= 0.3 is 5.97 Å². The van der Waals surface area contributed by atoms with Gasteiger partial charge in [0.2, 0.25) is 5.91 Å². The lowest BCUT2D eigenvalue weighted by Gasteiger charge is -2.11. The van der Waals surface area contributed by atoms with Gasteiger partial charge in [0, 0.05) is 17.3 Å². The Labute approximate surface area is 196 Å². The number of para-hydroxylation sites is 1. The highest BCUT2D eigenvalue weighted by Crippen LogP contribution is 2.23. The normalized spacial score (nSPS) is 11.1. The van der Waals surface area contributed by atoms with E-state index in [1.54, 1.807) is 24.3 Å². The molecule has 0 spiro atoms. The molecule has 3 N–H and O–H groups in total. The second-order valence-corrected chi connectivity index (χ2v) is 7.76. The minimum absolute atomic E-state index is 0.0424. The van der Waals surface area contributed by atoms with Crippen molar-refractivity contribution in [2.75, 3.05) is 10.6 Å². The van der Waals surface area contributed by atoms with Crippen LogP contribution in [0, 0.1) is 0 Å². The lowest BCUT2D eigenvalue weighted by Crippen LogP contribution is -2.16. The van der Waals surface area contributed by atoms with Gasteiger partial charge in [-0.25, -0.2) is 4.79 Å². The molecule has 0 saturated heterocycles. The van der Waals surface area contributed by atoms with Crippen LogP contribution in [0.3, 0.4) is 0 Å². The number of hydrogen-bond donors (Lipinski definition) is 3. The molecular weight excluding hydrogens is 428 g/mol. The van der Waals surface area contributed by atoms with Crippen molar-refractivity contribution in [2.24, 2.45) is 0 Å². The molecule has 0 fully saturated rings. The van der Waals surface area contributed by atoms with E-state index in [2.05, 4.69) is 10.6 Å². The van der Waals surface area contributed by atoms with Gasteiger partial charge in [0.25, 0.3) is 5.91 Å². The fraction of sp³-hybridized carbons (Fsp3) is 0.0357. The van der Waals surface area contributed by atoms with Gasteiger partial charge in [0.1, 0.15) is 0 Å². The van der Waals surface area contributed by atoms with Crippen LogP contribution < -0.4 is 10.6 Å². The zero-order chi connectivity index (χ0) is 24.1. The van der Waals surface area contributed by atoms with Crippen molar-refractivity contribution in [3.8, 4) is 0 Å². The van der Waals surface area contributed by atoms with Crippen LogP contribution >= 0.6 is 0 Å². The van der Waals surface area contributed by atoms with Crippen molar-refractivity contribution in [3.63, 3.8) is 0 Å². The molecule has 0 unspecified atom stereocenters. The van der Waals surface area contributed by atoms with Gasteiger partial charge in [-0.3, -0.25) is 9.59 Å². The Morgan fingerprint density at radius 2 is 1.41 bits per heavy atom. The van der Waals surface area contributed by atoms with Crippen LogP contribution in [0.15, 0.2) is 97.1 Å². The molecular formula is C28H22N2O4. The topological polar surface area (TPSA) is 95.5 Å². The first-order valence-electron chi connectivity index (χ1n) is 10.6. The van der Waals surface area contributed by atoms with Gasteiger partial charge in [-0.05, 0) is 65.2 Å². The van der Waals surface area contributed by atoms with Crippen LogP contribution in [-0.4, -0.2) is 22.9 Å². The highest BCUT2D eigenvalue weighted by atomic mass is 16.4.